The molecular weight excluding hydrogens is 340 g/mol. The first-order valence-corrected chi connectivity index (χ1v) is 9.04. The molecule has 0 atom stereocenters. The highest BCUT2D eigenvalue weighted by molar-refractivity contribution is 7.13. The number of hydrogen-bond acceptors (Lipinski definition) is 5. The Labute approximate surface area is 149 Å². The van der Waals surface area contributed by atoms with Crippen LogP contribution in [0.2, 0.25) is 0 Å². The molecule has 0 radical (unpaired) electrons. The van der Waals surface area contributed by atoms with E-state index in [1.54, 1.807) is 12.5 Å². The molecule has 1 heterocycles. The molecule has 1 aromatic carbocycles. The first-order valence-electron chi connectivity index (χ1n) is 8.16. The number of carbonyl (C=O) groups is 2. The number of nitrogens with one attached hydrogen (secondary N) is 1. The second kappa shape index (κ2) is 7.23. The summed E-state index contributed by atoms with van der Waals surface area (Å²) in [5.74, 6) is -0.436. The van der Waals surface area contributed by atoms with Gasteiger partial charge in [0.15, 0.2) is 0 Å². The van der Waals surface area contributed by atoms with Crippen LogP contribution in [0.1, 0.15) is 42.6 Å². The van der Waals surface area contributed by atoms with Crippen molar-refractivity contribution in [2.75, 3.05) is 7.11 Å². The van der Waals surface area contributed by atoms with Crippen molar-refractivity contribution in [3.8, 4) is 16.3 Å². The Bertz CT molecular complexity index is 764. The van der Waals surface area contributed by atoms with Gasteiger partial charge in [-0.05, 0) is 37.1 Å². The lowest BCUT2D eigenvalue weighted by molar-refractivity contribution is -0.138. The van der Waals surface area contributed by atoms with Crippen LogP contribution >= 0.6 is 11.3 Å². The Morgan fingerprint density at radius 1 is 1.28 bits per heavy atom. The van der Waals surface area contributed by atoms with Gasteiger partial charge >= 0.3 is 5.97 Å². The molecule has 1 aliphatic carbocycles. The summed E-state index contributed by atoms with van der Waals surface area (Å²) < 4.78 is 5.14. The predicted octanol–water partition coefficient (Wildman–Crippen LogP) is 3.34. The number of thiazole rings is 1. The molecule has 0 aliphatic heterocycles. The molecule has 7 heteroatoms. The number of hydrogen-bond donors (Lipinski definition) is 2. The molecule has 1 aromatic heterocycles. The van der Waals surface area contributed by atoms with Gasteiger partial charge in [0.2, 0.25) is 0 Å². The Balaban J connectivity index is 1.74. The van der Waals surface area contributed by atoms with Crippen molar-refractivity contribution in [1.82, 2.24) is 10.3 Å². The molecule has 25 heavy (non-hydrogen) atoms. The monoisotopic (exact) mass is 360 g/mol. The molecule has 1 aliphatic rings. The van der Waals surface area contributed by atoms with Crippen LogP contribution in [-0.2, 0) is 4.79 Å². The van der Waals surface area contributed by atoms with Crippen molar-refractivity contribution in [3.05, 3.63) is 35.3 Å². The fourth-order valence-corrected chi connectivity index (χ4v) is 4.04. The number of carboxylic acids is 1. The number of carboxylic acid groups (broad SMARTS) is 1. The highest BCUT2D eigenvalue weighted by Gasteiger charge is 2.38. The lowest BCUT2D eigenvalue weighted by Gasteiger charge is -2.28. The van der Waals surface area contributed by atoms with Crippen LogP contribution < -0.4 is 10.1 Å². The Morgan fingerprint density at radius 2 is 1.96 bits per heavy atom. The second-order valence-corrected chi connectivity index (χ2v) is 7.14. The van der Waals surface area contributed by atoms with Crippen LogP contribution in [0.15, 0.2) is 29.6 Å². The third-order valence-electron chi connectivity index (χ3n) is 4.50. The summed E-state index contributed by atoms with van der Waals surface area (Å²) >= 11 is 1.39. The molecule has 6 nitrogen and oxygen atoms in total. The standard InChI is InChI=1S/C18H20N2O4S/c1-24-13-6-4-12(5-7-13)17-19-14(11-25-17)16(23)20-18(10-15(21)22)8-2-3-9-18/h4-7,11H,2-3,8-10H2,1H3,(H,20,23)(H,21,22). The van der Waals surface area contributed by atoms with E-state index in [0.717, 1.165) is 29.2 Å². The number of methoxy groups -OCH3 is 1. The van der Waals surface area contributed by atoms with E-state index in [1.165, 1.54) is 11.3 Å². The van der Waals surface area contributed by atoms with E-state index in [2.05, 4.69) is 10.3 Å². The van der Waals surface area contributed by atoms with Crippen LogP contribution in [0.3, 0.4) is 0 Å². The Morgan fingerprint density at radius 3 is 2.56 bits per heavy atom. The summed E-state index contributed by atoms with van der Waals surface area (Å²) in [6.45, 7) is 0. The Kier molecular flexibility index (Phi) is 5.03. The Hall–Kier alpha value is -2.41. The van der Waals surface area contributed by atoms with E-state index in [4.69, 9.17) is 9.84 Å². The van der Waals surface area contributed by atoms with Gasteiger partial charge in [-0.2, -0.15) is 0 Å². The zero-order chi connectivity index (χ0) is 17.9. The minimum atomic E-state index is -0.889. The van der Waals surface area contributed by atoms with Gasteiger partial charge in [-0.1, -0.05) is 12.8 Å². The topological polar surface area (TPSA) is 88.5 Å². The zero-order valence-electron chi connectivity index (χ0n) is 13.9. The van der Waals surface area contributed by atoms with Crippen molar-refractivity contribution < 1.29 is 19.4 Å². The van der Waals surface area contributed by atoms with Gasteiger partial charge in [0.25, 0.3) is 5.91 Å². The fraction of sp³-hybridized carbons (Fsp3) is 0.389. The number of benzene rings is 1. The van der Waals surface area contributed by atoms with Gasteiger partial charge in [0.05, 0.1) is 19.1 Å². The maximum atomic E-state index is 12.6. The minimum absolute atomic E-state index is 0.0474. The first-order chi connectivity index (χ1) is 12.0. The number of aromatic nitrogens is 1. The predicted molar refractivity (Wildman–Crippen MR) is 95.0 cm³/mol. The molecule has 2 aromatic rings. The first kappa shape index (κ1) is 17.4. The summed E-state index contributed by atoms with van der Waals surface area (Å²) in [5.41, 5.74) is 0.589. The minimum Gasteiger partial charge on any atom is -0.497 e. The van der Waals surface area contributed by atoms with E-state index in [1.807, 2.05) is 24.3 Å². The van der Waals surface area contributed by atoms with Gasteiger partial charge in [-0.15, -0.1) is 11.3 Å². The number of ether oxygens (including phenoxy) is 1. The number of amides is 1. The van der Waals surface area contributed by atoms with Crippen molar-refractivity contribution in [1.29, 1.82) is 0 Å². The quantitative estimate of drug-likeness (QED) is 0.825. The molecule has 2 N–H and O–H groups in total. The van der Waals surface area contributed by atoms with Gasteiger partial charge in [0.1, 0.15) is 16.5 Å². The summed E-state index contributed by atoms with van der Waals surface area (Å²) in [6.07, 6.45) is 3.21. The van der Waals surface area contributed by atoms with Crippen molar-refractivity contribution in [2.45, 2.75) is 37.6 Å². The molecule has 1 saturated carbocycles. The SMILES string of the molecule is COc1ccc(-c2nc(C(=O)NC3(CC(=O)O)CCCC3)cs2)cc1. The van der Waals surface area contributed by atoms with Crippen molar-refractivity contribution in [3.63, 3.8) is 0 Å². The van der Waals surface area contributed by atoms with Gasteiger partial charge in [0, 0.05) is 10.9 Å². The third kappa shape index (κ3) is 3.99. The third-order valence-corrected chi connectivity index (χ3v) is 5.39. The lowest BCUT2D eigenvalue weighted by Crippen LogP contribution is -2.47. The molecule has 0 bridgehead atoms. The maximum absolute atomic E-state index is 12.6. The fourth-order valence-electron chi connectivity index (χ4n) is 3.24. The van der Waals surface area contributed by atoms with E-state index in [9.17, 15) is 9.59 Å². The van der Waals surface area contributed by atoms with Crippen LogP contribution in [0, 0.1) is 0 Å². The van der Waals surface area contributed by atoms with E-state index >= 15 is 0 Å². The lowest BCUT2D eigenvalue weighted by atomic mass is 9.93. The zero-order valence-corrected chi connectivity index (χ0v) is 14.8. The highest BCUT2D eigenvalue weighted by Crippen LogP contribution is 2.33. The summed E-state index contributed by atoms with van der Waals surface area (Å²) in [5, 5.41) is 14.5. The molecule has 1 fully saturated rings. The van der Waals surface area contributed by atoms with E-state index in [0.29, 0.717) is 18.5 Å². The summed E-state index contributed by atoms with van der Waals surface area (Å²) in [7, 11) is 1.61. The van der Waals surface area contributed by atoms with Gasteiger partial charge in [-0.25, -0.2) is 4.98 Å². The van der Waals surface area contributed by atoms with Gasteiger partial charge < -0.3 is 15.2 Å². The molecule has 1 amide bonds. The van der Waals surface area contributed by atoms with Crippen LogP contribution in [0.5, 0.6) is 5.75 Å². The van der Waals surface area contributed by atoms with E-state index < -0.39 is 11.5 Å². The molecule has 0 spiro atoms. The van der Waals surface area contributed by atoms with Gasteiger partial charge in [-0.3, -0.25) is 9.59 Å². The number of rotatable bonds is 6. The van der Waals surface area contributed by atoms with Crippen LogP contribution in [-0.4, -0.2) is 34.6 Å². The normalized spacial score (nSPS) is 15.7. The molecular formula is C18H20N2O4S. The maximum Gasteiger partial charge on any atom is 0.305 e. The summed E-state index contributed by atoms with van der Waals surface area (Å²) in [6, 6.07) is 7.47. The molecule has 0 unspecified atom stereocenters. The average Bonchev–Trinajstić information content (AvgIpc) is 3.24. The van der Waals surface area contributed by atoms with Crippen LogP contribution in [0.4, 0.5) is 0 Å². The highest BCUT2D eigenvalue weighted by atomic mass is 32.1. The van der Waals surface area contributed by atoms with Crippen molar-refractivity contribution in [2.24, 2.45) is 0 Å². The van der Waals surface area contributed by atoms with E-state index in [-0.39, 0.29) is 12.3 Å². The molecule has 0 saturated heterocycles. The summed E-state index contributed by atoms with van der Waals surface area (Å²) in [4.78, 5) is 28.1. The molecule has 3 rings (SSSR count). The van der Waals surface area contributed by atoms with Crippen LogP contribution in [0.25, 0.3) is 10.6 Å². The smallest absolute Gasteiger partial charge is 0.305 e. The number of carbonyl (C=O) groups excluding carboxylic acids is 1. The number of aliphatic carboxylic acids is 1. The number of nitrogens with zero attached hydrogens (tertiary/aromatic N) is 1. The molecule has 132 valence electrons. The average molecular weight is 360 g/mol. The second-order valence-electron chi connectivity index (χ2n) is 6.28. The largest absolute Gasteiger partial charge is 0.497 e. The van der Waals surface area contributed by atoms with Crippen molar-refractivity contribution >= 4 is 23.2 Å².